The maximum atomic E-state index is 6.50. The van der Waals surface area contributed by atoms with Crippen molar-refractivity contribution in [3.8, 4) is 32.4 Å². The van der Waals surface area contributed by atoms with Crippen LogP contribution >= 0.6 is 22.7 Å². The summed E-state index contributed by atoms with van der Waals surface area (Å²) in [5.74, 6) is 4.51. The first kappa shape index (κ1) is 32.0. The number of unbranched alkanes of at least 4 members (excludes halogenated alkanes) is 6. The van der Waals surface area contributed by atoms with Gasteiger partial charge in [-0.05, 0) is 86.4 Å². The number of aryl methyl sites for hydroxylation is 4. The maximum absolute atomic E-state index is 6.50. The van der Waals surface area contributed by atoms with E-state index in [9.17, 15) is 0 Å². The molecule has 0 aliphatic carbocycles. The summed E-state index contributed by atoms with van der Waals surface area (Å²) in [4.78, 5) is 2.43. The average Bonchev–Trinajstić information content (AvgIpc) is 3.85. The lowest BCUT2D eigenvalue weighted by Crippen LogP contribution is -2.29. The quantitative estimate of drug-likeness (QED) is 0.0720. The van der Waals surface area contributed by atoms with Crippen molar-refractivity contribution in [1.82, 2.24) is 9.13 Å². The standard InChI is InChI=1S/C36H48N4O2S2/c1-29-37(3)19-21-39(29)17-9-5-7-11-23-41-33-27-32(36-16-14-26-44-36)34(28-31(33)35-15-13-25-43-35)42-24-12-8-6-10-18-40-22-20-38(4)30(40)2/h13-16,19-22,25-28H,5-12,17-18,23-24H2,1-4H3/q+2. The molecule has 44 heavy (non-hydrogen) atoms. The SMILES string of the molecule is Cc1n(CCCCCCOc2cc(-c3cccs3)c(OCCCCCCn3cc[n+](C)c3C)cc2-c2cccs2)cc[n+]1C. The molecule has 0 fully saturated rings. The van der Waals surface area contributed by atoms with Crippen LogP contribution in [0.1, 0.15) is 63.0 Å². The van der Waals surface area contributed by atoms with Crippen LogP contribution < -0.4 is 18.6 Å². The highest BCUT2D eigenvalue weighted by atomic mass is 32.1. The monoisotopic (exact) mass is 632 g/mol. The van der Waals surface area contributed by atoms with Crippen LogP contribution in [0.25, 0.3) is 20.9 Å². The minimum Gasteiger partial charge on any atom is -0.493 e. The Morgan fingerprint density at radius 3 is 1.41 bits per heavy atom. The number of thiophene rings is 2. The van der Waals surface area contributed by atoms with Gasteiger partial charge in [-0.3, -0.25) is 0 Å². The normalized spacial score (nSPS) is 11.4. The van der Waals surface area contributed by atoms with Gasteiger partial charge in [-0.25, -0.2) is 18.3 Å². The van der Waals surface area contributed by atoms with Crippen LogP contribution in [0.15, 0.2) is 71.9 Å². The molecule has 4 aromatic heterocycles. The summed E-state index contributed by atoms with van der Waals surface area (Å²) in [6, 6.07) is 13.0. The number of rotatable bonds is 18. The van der Waals surface area contributed by atoms with Crippen molar-refractivity contribution in [2.24, 2.45) is 14.1 Å². The fraction of sp³-hybridized carbons (Fsp3) is 0.444. The largest absolute Gasteiger partial charge is 0.493 e. The Labute approximate surface area is 271 Å². The lowest BCUT2D eigenvalue weighted by Gasteiger charge is -2.17. The number of hydrogen-bond acceptors (Lipinski definition) is 4. The van der Waals surface area contributed by atoms with Crippen molar-refractivity contribution in [2.75, 3.05) is 13.2 Å². The molecule has 0 aliphatic heterocycles. The lowest BCUT2D eigenvalue weighted by atomic mass is 10.1. The number of aromatic nitrogens is 4. The smallest absolute Gasteiger partial charge is 0.253 e. The molecule has 6 nitrogen and oxygen atoms in total. The van der Waals surface area contributed by atoms with Crippen LogP contribution in [-0.2, 0) is 27.2 Å². The second kappa shape index (κ2) is 16.1. The number of nitrogens with zero attached hydrogens (tertiary/aromatic N) is 4. The van der Waals surface area contributed by atoms with Crippen molar-refractivity contribution < 1.29 is 18.6 Å². The Hall–Kier alpha value is -3.36. The molecule has 4 heterocycles. The second-order valence-electron chi connectivity index (χ2n) is 11.6. The van der Waals surface area contributed by atoms with Gasteiger partial charge in [-0.2, -0.15) is 0 Å². The predicted octanol–water partition coefficient (Wildman–Crippen LogP) is 8.29. The molecule has 0 radical (unpaired) electrons. The topological polar surface area (TPSA) is 36.1 Å². The van der Waals surface area contributed by atoms with Gasteiger partial charge in [0.25, 0.3) is 11.6 Å². The van der Waals surface area contributed by atoms with Crippen molar-refractivity contribution in [3.63, 3.8) is 0 Å². The molecule has 0 saturated carbocycles. The Morgan fingerprint density at radius 1 is 0.614 bits per heavy atom. The fourth-order valence-corrected chi connectivity index (χ4v) is 7.05. The molecule has 0 bridgehead atoms. The Kier molecular flexibility index (Phi) is 11.7. The van der Waals surface area contributed by atoms with E-state index < -0.39 is 0 Å². The number of benzene rings is 1. The van der Waals surface area contributed by atoms with Crippen LogP contribution in [0.4, 0.5) is 0 Å². The third-order valence-electron chi connectivity index (χ3n) is 8.55. The zero-order chi connectivity index (χ0) is 30.7. The van der Waals surface area contributed by atoms with Gasteiger partial charge in [0.15, 0.2) is 0 Å². The van der Waals surface area contributed by atoms with Crippen LogP contribution in [-0.4, -0.2) is 22.3 Å². The molecular weight excluding hydrogens is 585 g/mol. The van der Waals surface area contributed by atoms with E-state index in [1.165, 1.54) is 59.9 Å². The maximum Gasteiger partial charge on any atom is 0.253 e. The Bertz CT molecular complexity index is 1450. The molecule has 0 unspecified atom stereocenters. The van der Waals surface area contributed by atoms with E-state index in [0.717, 1.165) is 61.8 Å². The first-order chi connectivity index (χ1) is 21.5. The van der Waals surface area contributed by atoms with Gasteiger partial charge in [0.2, 0.25) is 0 Å². The van der Waals surface area contributed by atoms with E-state index >= 15 is 0 Å². The van der Waals surface area contributed by atoms with Gasteiger partial charge in [0, 0.05) is 34.7 Å². The highest BCUT2D eigenvalue weighted by Gasteiger charge is 2.17. The van der Waals surface area contributed by atoms with E-state index in [-0.39, 0.29) is 0 Å². The molecule has 0 N–H and O–H groups in total. The number of imidazole rings is 2. The highest BCUT2D eigenvalue weighted by molar-refractivity contribution is 7.14. The van der Waals surface area contributed by atoms with Crippen LogP contribution in [0, 0.1) is 13.8 Å². The minimum absolute atomic E-state index is 0.723. The summed E-state index contributed by atoms with van der Waals surface area (Å²) < 4.78 is 22.0. The molecule has 0 atom stereocenters. The van der Waals surface area contributed by atoms with Crippen LogP contribution in [0.5, 0.6) is 11.5 Å². The van der Waals surface area contributed by atoms with Gasteiger partial charge < -0.3 is 9.47 Å². The Balaban J connectivity index is 1.16. The summed E-state index contributed by atoms with van der Waals surface area (Å²) in [5.41, 5.74) is 2.25. The number of ether oxygens (including phenoxy) is 2. The van der Waals surface area contributed by atoms with Crippen LogP contribution in [0.3, 0.4) is 0 Å². The van der Waals surface area contributed by atoms with Crippen molar-refractivity contribution >= 4 is 22.7 Å². The second-order valence-corrected chi connectivity index (χ2v) is 13.5. The van der Waals surface area contributed by atoms with Gasteiger partial charge in [-0.1, -0.05) is 12.1 Å². The summed E-state index contributed by atoms with van der Waals surface area (Å²) >= 11 is 3.50. The molecule has 0 spiro atoms. The van der Waals surface area contributed by atoms with Gasteiger partial charge >= 0.3 is 0 Å². The first-order valence-corrected chi connectivity index (χ1v) is 17.8. The van der Waals surface area contributed by atoms with Crippen molar-refractivity contribution in [3.05, 3.63) is 83.6 Å². The van der Waals surface area contributed by atoms with E-state index in [0.29, 0.717) is 0 Å². The highest BCUT2D eigenvalue weighted by Crippen LogP contribution is 2.43. The van der Waals surface area contributed by atoms with E-state index in [1.54, 1.807) is 22.7 Å². The molecular formula is C36H48N4O2S2+2. The van der Waals surface area contributed by atoms with Crippen molar-refractivity contribution in [1.29, 1.82) is 0 Å². The summed E-state index contributed by atoms with van der Waals surface area (Å²) in [6.45, 7) is 7.95. The molecule has 5 rings (SSSR count). The van der Waals surface area contributed by atoms with Gasteiger partial charge in [0.05, 0.1) is 40.4 Å². The first-order valence-electron chi connectivity index (χ1n) is 16.1. The van der Waals surface area contributed by atoms with E-state index in [4.69, 9.17) is 9.47 Å². The van der Waals surface area contributed by atoms with Gasteiger partial charge in [-0.15, -0.1) is 22.7 Å². The summed E-state index contributed by atoms with van der Waals surface area (Å²) in [7, 11) is 4.21. The third kappa shape index (κ3) is 8.42. The molecule has 234 valence electrons. The predicted molar refractivity (Wildman–Crippen MR) is 182 cm³/mol. The van der Waals surface area contributed by atoms with E-state index in [2.05, 4.69) is 118 Å². The molecule has 5 aromatic rings. The molecule has 0 saturated heterocycles. The lowest BCUT2D eigenvalue weighted by molar-refractivity contribution is -0.677. The zero-order valence-corrected chi connectivity index (χ0v) is 28.5. The fourth-order valence-electron chi connectivity index (χ4n) is 5.56. The summed E-state index contributed by atoms with van der Waals surface area (Å²) in [5, 5.41) is 4.27. The summed E-state index contributed by atoms with van der Waals surface area (Å²) in [6.07, 6.45) is 17.9. The average molecular weight is 633 g/mol. The number of hydrogen-bond donors (Lipinski definition) is 0. The Morgan fingerprint density at radius 2 is 1.05 bits per heavy atom. The van der Waals surface area contributed by atoms with Crippen molar-refractivity contribution in [2.45, 2.75) is 78.3 Å². The molecule has 0 amide bonds. The molecule has 0 aliphatic rings. The molecule has 8 heteroatoms. The van der Waals surface area contributed by atoms with Gasteiger partial charge in [0.1, 0.15) is 36.3 Å². The van der Waals surface area contributed by atoms with E-state index in [1.807, 2.05) is 0 Å². The van der Waals surface area contributed by atoms with Crippen LogP contribution in [0.2, 0.25) is 0 Å². The minimum atomic E-state index is 0.723. The third-order valence-corrected chi connectivity index (χ3v) is 10.4. The molecule has 1 aromatic carbocycles. The zero-order valence-electron chi connectivity index (χ0n) is 26.8.